The molecule has 2 atom stereocenters. The molecule has 0 fully saturated rings. The molecule has 0 saturated heterocycles. The van der Waals surface area contributed by atoms with Crippen molar-refractivity contribution in [2.24, 2.45) is 0 Å². The number of rotatable bonds is 4. The molecule has 3 aromatic rings. The average molecular weight is 395 g/mol. The summed E-state index contributed by atoms with van der Waals surface area (Å²) in [5.74, 6) is 1.40. The summed E-state index contributed by atoms with van der Waals surface area (Å²) < 4.78 is 7.01. The van der Waals surface area contributed by atoms with Gasteiger partial charge in [-0.1, -0.05) is 41.6 Å². The van der Waals surface area contributed by atoms with Gasteiger partial charge < -0.3 is 15.5 Å². The van der Waals surface area contributed by atoms with Gasteiger partial charge in [-0.3, -0.25) is 4.79 Å². The van der Waals surface area contributed by atoms with Crippen molar-refractivity contribution in [2.45, 2.75) is 30.3 Å². The minimum atomic E-state index is -0.402. The number of ether oxygens (including phenoxy) is 1. The highest BCUT2D eigenvalue weighted by molar-refractivity contribution is 8.00. The first-order valence-electron chi connectivity index (χ1n) is 8.92. The van der Waals surface area contributed by atoms with E-state index in [4.69, 9.17) is 4.74 Å². The molecule has 0 saturated carbocycles. The second kappa shape index (κ2) is 7.55. The quantitative estimate of drug-likeness (QED) is 0.706. The van der Waals surface area contributed by atoms with E-state index in [2.05, 4.69) is 33.1 Å². The first-order valence-corrected chi connectivity index (χ1v) is 9.80. The molecule has 144 valence electrons. The van der Waals surface area contributed by atoms with Crippen LogP contribution in [0.1, 0.15) is 23.0 Å². The van der Waals surface area contributed by atoms with Crippen molar-refractivity contribution in [1.82, 2.24) is 14.9 Å². The standard InChI is InChI=1S/C20H21N5O2S/c1-12-4-6-14(7-5-12)17-18(28-20-23-22-13(2)25(20)24-17)19(26)21-15-8-10-16(27-3)11-9-15/h4-11,17-18,24H,1-3H3,(H,21,26)/t17-,18-/m0/s1. The van der Waals surface area contributed by atoms with Crippen molar-refractivity contribution < 1.29 is 9.53 Å². The van der Waals surface area contributed by atoms with Crippen LogP contribution >= 0.6 is 11.8 Å². The second-order valence-electron chi connectivity index (χ2n) is 6.64. The maximum absolute atomic E-state index is 13.1. The molecular weight excluding hydrogens is 374 g/mol. The molecule has 1 amide bonds. The number of methoxy groups -OCH3 is 1. The Kier molecular flexibility index (Phi) is 4.95. The van der Waals surface area contributed by atoms with Gasteiger partial charge in [0.2, 0.25) is 11.1 Å². The van der Waals surface area contributed by atoms with Crippen LogP contribution in [0.2, 0.25) is 0 Å². The lowest BCUT2D eigenvalue weighted by atomic mass is 10.0. The van der Waals surface area contributed by atoms with Crippen LogP contribution in [0, 0.1) is 13.8 Å². The van der Waals surface area contributed by atoms with Crippen molar-refractivity contribution in [3.05, 3.63) is 65.5 Å². The van der Waals surface area contributed by atoms with Gasteiger partial charge in [0, 0.05) is 5.69 Å². The van der Waals surface area contributed by atoms with Crippen LogP contribution in [0.25, 0.3) is 0 Å². The van der Waals surface area contributed by atoms with E-state index >= 15 is 0 Å². The van der Waals surface area contributed by atoms with Crippen LogP contribution in [0.15, 0.2) is 53.7 Å². The highest BCUT2D eigenvalue weighted by Gasteiger charge is 2.37. The predicted molar refractivity (Wildman–Crippen MR) is 109 cm³/mol. The molecule has 1 aliphatic rings. The Morgan fingerprint density at radius 1 is 1.11 bits per heavy atom. The summed E-state index contributed by atoms with van der Waals surface area (Å²) in [4.78, 5) is 13.1. The van der Waals surface area contributed by atoms with Gasteiger partial charge in [-0.05, 0) is 43.7 Å². The van der Waals surface area contributed by atoms with Gasteiger partial charge in [-0.25, -0.2) is 4.68 Å². The Labute approximate surface area is 167 Å². The zero-order valence-electron chi connectivity index (χ0n) is 15.8. The van der Waals surface area contributed by atoms with Crippen molar-refractivity contribution in [3.8, 4) is 5.75 Å². The average Bonchev–Trinajstić information content (AvgIpc) is 3.08. The lowest BCUT2D eigenvalue weighted by Crippen LogP contribution is -2.41. The molecule has 28 heavy (non-hydrogen) atoms. The molecule has 2 heterocycles. The van der Waals surface area contributed by atoms with E-state index in [0.717, 1.165) is 22.8 Å². The van der Waals surface area contributed by atoms with E-state index in [1.807, 2.05) is 54.9 Å². The van der Waals surface area contributed by atoms with E-state index in [1.54, 1.807) is 7.11 Å². The van der Waals surface area contributed by atoms with Crippen molar-refractivity contribution in [2.75, 3.05) is 17.9 Å². The number of nitrogens with one attached hydrogen (secondary N) is 2. The fourth-order valence-corrected chi connectivity index (χ4v) is 4.20. The minimum Gasteiger partial charge on any atom is -0.497 e. The molecule has 0 unspecified atom stereocenters. The summed E-state index contributed by atoms with van der Waals surface area (Å²) in [5.41, 5.74) is 6.33. The topological polar surface area (TPSA) is 81.1 Å². The lowest BCUT2D eigenvalue weighted by molar-refractivity contribution is -0.116. The van der Waals surface area contributed by atoms with Crippen LogP contribution in [-0.2, 0) is 4.79 Å². The Bertz CT molecular complexity index is 985. The van der Waals surface area contributed by atoms with Crippen LogP contribution in [0.3, 0.4) is 0 Å². The Balaban J connectivity index is 1.62. The maximum Gasteiger partial charge on any atom is 0.240 e. The van der Waals surface area contributed by atoms with Crippen molar-refractivity contribution >= 4 is 23.4 Å². The number of aromatic nitrogens is 3. The minimum absolute atomic E-state index is 0.0971. The summed E-state index contributed by atoms with van der Waals surface area (Å²) in [6.07, 6.45) is 0. The maximum atomic E-state index is 13.1. The highest BCUT2D eigenvalue weighted by Crippen LogP contribution is 2.37. The predicted octanol–water partition coefficient (Wildman–Crippen LogP) is 3.30. The zero-order valence-corrected chi connectivity index (χ0v) is 16.7. The summed E-state index contributed by atoms with van der Waals surface area (Å²) in [5, 5.41) is 11.6. The molecule has 0 aliphatic carbocycles. The van der Waals surface area contributed by atoms with Crippen molar-refractivity contribution in [1.29, 1.82) is 0 Å². The number of thioether (sulfide) groups is 1. The molecule has 1 aliphatic heterocycles. The Morgan fingerprint density at radius 2 is 1.82 bits per heavy atom. The fourth-order valence-electron chi connectivity index (χ4n) is 3.07. The molecule has 0 radical (unpaired) electrons. The summed E-state index contributed by atoms with van der Waals surface area (Å²) in [6, 6.07) is 15.3. The van der Waals surface area contributed by atoms with E-state index in [0.29, 0.717) is 5.16 Å². The lowest BCUT2D eigenvalue weighted by Gasteiger charge is -2.32. The highest BCUT2D eigenvalue weighted by atomic mass is 32.2. The number of fused-ring (bicyclic) bond motifs is 1. The van der Waals surface area contributed by atoms with Gasteiger partial charge in [0.05, 0.1) is 13.2 Å². The van der Waals surface area contributed by atoms with Gasteiger partial charge in [0.1, 0.15) is 16.8 Å². The smallest absolute Gasteiger partial charge is 0.240 e. The van der Waals surface area contributed by atoms with Crippen LogP contribution in [0.5, 0.6) is 5.75 Å². The Morgan fingerprint density at radius 3 is 2.50 bits per heavy atom. The normalized spacial score (nSPS) is 18.1. The number of aryl methyl sites for hydroxylation is 2. The molecule has 2 aromatic carbocycles. The molecule has 4 rings (SSSR count). The summed E-state index contributed by atoms with van der Waals surface area (Å²) >= 11 is 1.41. The van der Waals surface area contributed by atoms with Crippen LogP contribution in [0.4, 0.5) is 5.69 Å². The van der Waals surface area contributed by atoms with Gasteiger partial charge in [-0.15, -0.1) is 10.2 Å². The first-order chi connectivity index (χ1) is 13.5. The third-order valence-corrected chi connectivity index (χ3v) is 5.87. The number of amides is 1. The van der Waals surface area contributed by atoms with E-state index in [1.165, 1.54) is 17.3 Å². The summed E-state index contributed by atoms with van der Waals surface area (Å²) in [7, 11) is 1.61. The molecule has 0 spiro atoms. The second-order valence-corrected chi connectivity index (χ2v) is 7.75. The number of nitrogens with zero attached hydrogens (tertiary/aromatic N) is 3. The third kappa shape index (κ3) is 3.55. The van der Waals surface area contributed by atoms with E-state index in [9.17, 15) is 4.79 Å². The molecular formula is C20H21N5O2S. The van der Waals surface area contributed by atoms with Crippen LogP contribution < -0.4 is 15.5 Å². The number of carbonyl (C=O) groups is 1. The largest absolute Gasteiger partial charge is 0.497 e. The van der Waals surface area contributed by atoms with Crippen molar-refractivity contribution in [3.63, 3.8) is 0 Å². The number of carbonyl (C=O) groups excluding carboxylic acids is 1. The monoisotopic (exact) mass is 395 g/mol. The van der Waals surface area contributed by atoms with Gasteiger partial charge >= 0.3 is 0 Å². The molecule has 1 aromatic heterocycles. The number of anilines is 1. The third-order valence-electron chi connectivity index (χ3n) is 4.65. The van der Waals surface area contributed by atoms with Crippen LogP contribution in [-0.4, -0.2) is 33.1 Å². The zero-order chi connectivity index (χ0) is 19.7. The van der Waals surface area contributed by atoms with E-state index in [-0.39, 0.29) is 11.9 Å². The van der Waals surface area contributed by atoms with Gasteiger partial charge in [-0.2, -0.15) is 0 Å². The molecule has 2 N–H and O–H groups in total. The SMILES string of the molecule is COc1ccc(NC(=O)[C@H]2Sc3nnc(C)n3N[C@H]2c2ccc(C)cc2)cc1. The number of benzene rings is 2. The number of hydrogen-bond acceptors (Lipinski definition) is 6. The molecule has 7 nitrogen and oxygen atoms in total. The molecule has 8 heteroatoms. The summed E-state index contributed by atoms with van der Waals surface area (Å²) in [6.45, 7) is 3.93. The van der Waals surface area contributed by atoms with Gasteiger partial charge in [0.25, 0.3) is 0 Å². The fraction of sp³-hybridized carbons (Fsp3) is 0.250. The molecule has 0 bridgehead atoms. The van der Waals surface area contributed by atoms with E-state index < -0.39 is 5.25 Å². The first kappa shape index (κ1) is 18.4. The number of hydrogen-bond donors (Lipinski definition) is 2. The Hall–Kier alpha value is -3.00. The van der Waals surface area contributed by atoms with Gasteiger partial charge in [0.15, 0.2) is 0 Å².